The van der Waals surface area contributed by atoms with Crippen molar-refractivity contribution in [2.75, 3.05) is 0 Å². The number of Topliss-reactive ketones (excluding diaryl/α,β-unsaturated/α-hetero) is 1. The molecule has 0 spiro atoms. The number of hydrogen-bond acceptors (Lipinski definition) is 2. The predicted molar refractivity (Wildman–Crippen MR) is 118 cm³/mol. The highest BCUT2D eigenvalue weighted by Crippen LogP contribution is 2.32. The molecule has 2 N–H and O–H groups in total. The van der Waals surface area contributed by atoms with Gasteiger partial charge in [-0.15, -0.1) is 12.8 Å². The van der Waals surface area contributed by atoms with Gasteiger partial charge < -0.3 is 5.73 Å². The third kappa shape index (κ3) is 10.3. The highest BCUT2D eigenvalue weighted by atomic mass is 16.1. The molecule has 1 aromatic rings. The second kappa shape index (κ2) is 12.8. The van der Waals surface area contributed by atoms with Crippen LogP contribution in [0.3, 0.4) is 0 Å². The summed E-state index contributed by atoms with van der Waals surface area (Å²) in [6.07, 6.45) is 20.5. The van der Waals surface area contributed by atoms with Crippen LogP contribution in [-0.4, -0.2) is 5.78 Å². The molecular formula is C25H35NO. The van der Waals surface area contributed by atoms with Crippen molar-refractivity contribution in [1.82, 2.24) is 0 Å². The van der Waals surface area contributed by atoms with Gasteiger partial charge in [-0.2, -0.15) is 0 Å². The van der Waals surface area contributed by atoms with Gasteiger partial charge in [0.05, 0.1) is 0 Å². The topological polar surface area (TPSA) is 43.1 Å². The Hall–Kier alpha value is -2.53. The van der Waals surface area contributed by atoms with Gasteiger partial charge >= 0.3 is 0 Å². The van der Waals surface area contributed by atoms with Gasteiger partial charge in [0.1, 0.15) is 0 Å². The van der Waals surface area contributed by atoms with E-state index >= 15 is 0 Å². The average Bonchev–Trinajstić information content (AvgIpc) is 2.63. The van der Waals surface area contributed by atoms with Gasteiger partial charge in [-0.3, -0.25) is 4.79 Å². The number of terminal acetylenes is 1. The van der Waals surface area contributed by atoms with Gasteiger partial charge in [-0.1, -0.05) is 74.9 Å². The largest absolute Gasteiger partial charge is 0.402 e. The average molecular weight is 366 g/mol. The maximum atomic E-state index is 11.9. The molecule has 0 bridgehead atoms. The van der Waals surface area contributed by atoms with E-state index in [0.29, 0.717) is 5.41 Å². The lowest BCUT2D eigenvalue weighted by molar-refractivity contribution is 0.103. The molecule has 146 valence electrons. The number of carbonyl (C=O) groups is 1. The summed E-state index contributed by atoms with van der Waals surface area (Å²) in [6, 6.07) is 7.67. The highest BCUT2D eigenvalue weighted by Gasteiger charge is 2.20. The fourth-order valence-corrected chi connectivity index (χ4v) is 2.72. The first-order valence-electron chi connectivity index (χ1n) is 9.48. The summed E-state index contributed by atoms with van der Waals surface area (Å²) < 4.78 is 0. The minimum atomic E-state index is 0.0979. The van der Waals surface area contributed by atoms with Gasteiger partial charge in [-0.25, -0.2) is 0 Å². The maximum absolute atomic E-state index is 11.9. The molecule has 0 aromatic heterocycles. The molecule has 0 saturated heterocycles. The molecule has 2 nitrogen and oxygen atoms in total. The number of aryl methyl sites for hydroxylation is 1. The summed E-state index contributed by atoms with van der Waals surface area (Å²) in [5, 5.41) is 0. The highest BCUT2D eigenvalue weighted by molar-refractivity contribution is 6.08. The Labute approximate surface area is 166 Å². The van der Waals surface area contributed by atoms with E-state index in [2.05, 4.69) is 39.7 Å². The first-order valence-corrected chi connectivity index (χ1v) is 9.48. The van der Waals surface area contributed by atoms with Gasteiger partial charge in [0, 0.05) is 11.3 Å². The molecule has 0 heterocycles. The number of carbonyl (C=O) groups excluding carboxylic acids is 1. The lowest BCUT2D eigenvalue weighted by atomic mass is 9.80. The van der Waals surface area contributed by atoms with Crippen molar-refractivity contribution in [2.24, 2.45) is 11.1 Å². The molecule has 1 aliphatic carbocycles. The van der Waals surface area contributed by atoms with Crippen molar-refractivity contribution >= 4 is 5.78 Å². The molecule has 0 saturated carbocycles. The Bertz CT molecular complexity index is 685. The van der Waals surface area contributed by atoms with Crippen LogP contribution in [0.5, 0.6) is 0 Å². The molecule has 0 aliphatic heterocycles. The van der Waals surface area contributed by atoms with Gasteiger partial charge in [0.25, 0.3) is 0 Å². The van der Waals surface area contributed by atoms with E-state index in [1.54, 1.807) is 0 Å². The summed E-state index contributed by atoms with van der Waals surface area (Å²) in [6.45, 7) is 10.5. The Morgan fingerprint density at radius 3 is 2.26 bits per heavy atom. The first-order chi connectivity index (χ1) is 12.7. The lowest BCUT2D eigenvalue weighted by Gasteiger charge is -2.27. The van der Waals surface area contributed by atoms with E-state index in [1.807, 2.05) is 56.3 Å². The molecule has 2 heteroatoms. The molecule has 0 amide bonds. The Morgan fingerprint density at radius 2 is 1.81 bits per heavy atom. The van der Waals surface area contributed by atoms with E-state index in [9.17, 15) is 4.79 Å². The number of rotatable bonds is 4. The molecule has 0 atom stereocenters. The van der Waals surface area contributed by atoms with Crippen LogP contribution in [0.15, 0.2) is 59.8 Å². The maximum Gasteiger partial charge on any atom is 0.188 e. The minimum absolute atomic E-state index is 0.0979. The third-order valence-electron chi connectivity index (χ3n) is 4.30. The SMILES string of the molecule is C#C.CC/C=C\C=C(/C)C(=O)c1ccc(C)cc1.CC1(C)CCC=C(N)C1. The summed E-state index contributed by atoms with van der Waals surface area (Å²) in [7, 11) is 0. The van der Waals surface area contributed by atoms with Crippen molar-refractivity contribution < 1.29 is 4.79 Å². The summed E-state index contributed by atoms with van der Waals surface area (Å²) in [5.74, 6) is 0.0979. The summed E-state index contributed by atoms with van der Waals surface area (Å²) in [4.78, 5) is 11.9. The Morgan fingerprint density at radius 1 is 1.22 bits per heavy atom. The van der Waals surface area contributed by atoms with Crippen LogP contribution < -0.4 is 5.73 Å². The molecular weight excluding hydrogens is 330 g/mol. The number of hydrogen-bond donors (Lipinski definition) is 1. The Balaban J connectivity index is 0.000000519. The van der Waals surface area contributed by atoms with E-state index in [-0.39, 0.29) is 5.78 Å². The van der Waals surface area contributed by atoms with Crippen LogP contribution in [0.4, 0.5) is 0 Å². The van der Waals surface area contributed by atoms with Crippen molar-refractivity contribution in [3.05, 3.63) is 71.0 Å². The second-order valence-electron chi connectivity index (χ2n) is 7.54. The molecule has 1 aliphatic rings. The summed E-state index contributed by atoms with van der Waals surface area (Å²) >= 11 is 0. The van der Waals surface area contributed by atoms with Crippen LogP contribution in [0.25, 0.3) is 0 Å². The van der Waals surface area contributed by atoms with Crippen LogP contribution >= 0.6 is 0 Å². The van der Waals surface area contributed by atoms with E-state index in [0.717, 1.165) is 29.7 Å². The number of benzene rings is 1. The molecule has 0 fully saturated rings. The monoisotopic (exact) mass is 365 g/mol. The summed E-state index contributed by atoms with van der Waals surface area (Å²) in [5.41, 5.74) is 9.90. The minimum Gasteiger partial charge on any atom is -0.402 e. The first kappa shape index (κ1) is 24.5. The molecule has 0 unspecified atom stereocenters. The molecule has 2 rings (SSSR count). The molecule has 27 heavy (non-hydrogen) atoms. The third-order valence-corrected chi connectivity index (χ3v) is 4.30. The van der Waals surface area contributed by atoms with Gasteiger partial charge in [0.15, 0.2) is 5.78 Å². The van der Waals surface area contributed by atoms with Crippen molar-refractivity contribution in [3.8, 4) is 12.8 Å². The molecule has 1 aromatic carbocycles. The second-order valence-corrected chi connectivity index (χ2v) is 7.54. The van der Waals surface area contributed by atoms with Gasteiger partial charge in [0.2, 0.25) is 0 Å². The van der Waals surface area contributed by atoms with Crippen LogP contribution in [0, 0.1) is 25.2 Å². The number of ketones is 1. The van der Waals surface area contributed by atoms with E-state index in [1.165, 1.54) is 18.4 Å². The smallest absolute Gasteiger partial charge is 0.188 e. The Kier molecular flexibility index (Phi) is 11.6. The van der Waals surface area contributed by atoms with Crippen LogP contribution in [-0.2, 0) is 0 Å². The zero-order valence-corrected chi connectivity index (χ0v) is 17.6. The fourth-order valence-electron chi connectivity index (χ4n) is 2.72. The fraction of sp³-hybridized carbons (Fsp3) is 0.400. The predicted octanol–water partition coefficient (Wildman–Crippen LogP) is 6.38. The lowest BCUT2D eigenvalue weighted by Crippen LogP contribution is -2.18. The zero-order chi connectivity index (χ0) is 20.9. The van der Waals surface area contributed by atoms with Crippen LogP contribution in [0.2, 0.25) is 0 Å². The molecule has 0 radical (unpaired) electrons. The normalized spacial score (nSPS) is 15.7. The quantitative estimate of drug-likeness (QED) is 0.291. The van der Waals surface area contributed by atoms with Crippen LogP contribution in [0.1, 0.15) is 69.3 Å². The van der Waals surface area contributed by atoms with Crippen molar-refractivity contribution in [3.63, 3.8) is 0 Å². The number of allylic oxidation sites excluding steroid dienone is 6. The zero-order valence-electron chi connectivity index (χ0n) is 17.6. The number of nitrogens with two attached hydrogens (primary N) is 1. The van der Waals surface area contributed by atoms with E-state index < -0.39 is 0 Å². The standard InChI is InChI=1S/C15H18O.C8H15N.C2H2/c1-4-5-6-7-13(3)15(16)14-10-8-12(2)9-11-14;1-8(2)5-3-4-7(9)6-8;1-2/h5-11H,4H2,1-3H3;4H,3,5-6,9H2,1-2H3;1-2H/b6-5-,13-7+;;. The van der Waals surface area contributed by atoms with Crippen molar-refractivity contribution in [2.45, 2.75) is 60.3 Å². The van der Waals surface area contributed by atoms with Gasteiger partial charge in [-0.05, 0) is 50.5 Å². The van der Waals surface area contributed by atoms with E-state index in [4.69, 9.17) is 5.73 Å². The van der Waals surface area contributed by atoms with Crippen molar-refractivity contribution in [1.29, 1.82) is 0 Å².